The van der Waals surface area contributed by atoms with E-state index in [4.69, 9.17) is 4.74 Å². The van der Waals surface area contributed by atoms with Crippen LogP contribution in [-0.4, -0.2) is 31.1 Å². The Morgan fingerprint density at radius 3 is 2.71 bits per heavy atom. The maximum atomic E-state index is 13.2. The summed E-state index contributed by atoms with van der Waals surface area (Å²) in [6.07, 6.45) is 2.06. The van der Waals surface area contributed by atoms with Crippen molar-refractivity contribution in [3.63, 3.8) is 0 Å². The fourth-order valence-electron chi connectivity index (χ4n) is 1.88. The quantitative estimate of drug-likeness (QED) is 0.859. The number of ether oxygens (including phenoxy) is 1. The van der Waals surface area contributed by atoms with Crippen LogP contribution < -0.4 is 10.1 Å². The highest BCUT2D eigenvalue weighted by molar-refractivity contribution is 5.89. The van der Waals surface area contributed by atoms with Crippen molar-refractivity contribution in [1.82, 2.24) is 4.90 Å². The van der Waals surface area contributed by atoms with Gasteiger partial charge in [0, 0.05) is 30.9 Å². The zero-order valence-corrected chi connectivity index (χ0v) is 9.70. The molecule has 1 heterocycles. The molecule has 1 aliphatic rings. The summed E-state index contributed by atoms with van der Waals surface area (Å²) in [5.41, 5.74) is 0.416. The molecule has 0 aliphatic carbocycles. The molecule has 4 nitrogen and oxygen atoms in total. The van der Waals surface area contributed by atoms with Crippen LogP contribution in [0.1, 0.15) is 12.8 Å². The lowest BCUT2D eigenvalue weighted by Gasteiger charge is -2.16. The van der Waals surface area contributed by atoms with Gasteiger partial charge in [-0.25, -0.2) is 9.18 Å². The van der Waals surface area contributed by atoms with Crippen molar-refractivity contribution in [3.05, 3.63) is 24.0 Å². The zero-order valence-electron chi connectivity index (χ0n) is 9.70. The van der Waals surface area contributed by atoms with Crippen molar-refractivity contribution in [1.29, 1.82) is 0 Å². The Balaban J connectivity index is 2.06. The number of rotatable bonds is 2. The number of nitrogens with zero attached hydrogens (tertiary/aromatic N) is 1. The lowest BCUT2D eigenvalue weighted by atomic mass is 10.3. The van der Waals surface area contributed by atoms with Gasteiger partial charge >= 0.3 is 6.03 Å². The van der Waals surface area contributed by atoms with Gasteiger partial charge in [-0.2, -0.15) is 0 Å². The van der Waals surface area contributed by atoms with Gasteiger partial charge in [0.2, 0.25) is 0 Å². The first-order valence-corrected chi connectivity index (χ1v) is 5.59. The van der Waals surface area contributed by atoms with Crippen molar-refractivity contribution in [2.24, 2.45) is 0 Å². The van der Waals surface area contributed by atoms with Crippen LogP contribution in [0.5, 0.6) is 5.75 Å². The molecule has 0 saturated carbocycles. The first-order valence-electron chi connectivity index (χ1n) is 5.59. The monoisotopic (exact) mass is 238 g/mol. The maximum Gasteiger partial charge on any atom is 0.321 e. The van der Waals surface area contributed by atoms with Gasteiger partial charge in [-0.1, -0.05) is 0 Å². The van der Waals surface area contributed by atoms with Gasteiger partial charge in [-0.15, -0.1) is 0 Å². The highest BCUT2D eigenvalue weighted by Crippen LogP contribution is 2.20. The van der Waals surface area contributed by atoms with E-state index < -0.39 is 5.82 Å². The van der Waals surface area contributed by atoms with E-state index >= 15 is 0 Å². The third-order valence-electron chi connectivity index (χ3n) is 2.75. The Morgan fingerprint density at radius 2 is 2.06 bits per heavy atom. The SMILES string of the molecule is COc1cc(F)cc(NC(=O)N2CCCC2)c1. The molecule has 17 heavy (non-hydrogen) atoms. The number of methoxy groups -OCH3 is 1. The predicted octanol–water partition coefficient (Wildman–Crippen LogP) is 2.46. The highest BCUT2D eigenvalue weighted by Gasteiger charge is 2.18. The molecule has 0 radical (unpaired) electrons. The molecule has 2 rings (SSSR count). The second kappa shape index (κ2) is 5.03. The zero-order chi connectivity index (χ0) is 12.3. The molecule has 2 amide bonds. The van der Waals surface area contributed by atoms with Crippen LogP contribution in [0.3, 0.4) is 0 Å². The standard InChI is InChI=1S/C12H15FN2O2/c1-17-11-7-9(13)6-10(8-11)14-12(16)15-4-2-3-5-15/h6-8H,2-5H2,1H3,(H,14,16). The van der Waals surface area contributed by atoms with E-state index in [1.54, 1.807) is 11.0 Å². The average Bonchev–Trinajstić information content (AvgIpc) is 2.81. The van der Waals surface area contributed by atoms with E-state index in [-0.39, 0.29) is 6.03 Å². The van der Waals surface area contributed by atoms with Gasteiger partial charge in [0.15, 0.2) is 0 Å². The molecule has 1 aromatic rings. The maximum absolute atomic E-state index is 13.2. The first-order chi connectivity index (χ1) is 8.19. The number of nitrogens with one attached hydrogen (secondary N) is 1. The minimum atomic E-state index is -0.430. The van der Waals surface area contributed by atoms with Crippen LogP contribution in [0.4, 0.5) is 14.9 Å². The molecule has 5 heteroatoms. The average molecular weight is 238 g/mol. The topological polar surface area (TPSA) is 41.6 Å². The Bertz CT molecular complexity index is 417. The van der Waals surface area contributed by atoms with Crippen LogP contribution >= 0.6 is 0 Å². The van der Waals surface area contributed by atoms with Crippen molar-refractivity contribution >= 4 is 11.7 Å². The van der Waals surface area contributed by atoms with Crippen LogP contribution in [0, 0.1) is 5.82 Å². The first kappa shape index (κ1) is 11.7. The minimum absolute atomic E-state index is 0.185. The number of hydrogen-bond donors (Lipinski definition) is 1. The number of carbonyl (C=O) groups excluding carboxylic acids is 1. The van der Waals surface area contributed by atoms with Gasteiger partial charge < -0.3 is 15.0 Å². The number of amides is 2. The molecular formula is C12H15FN2O2. The summed E-state index contributed by atoms with van der Waals surface area (Å²) in [7, 11) is 1.46. The third kappa shape index (κ3) is 2.87. The Kier molecular flexibility index (Phi) is 3.46. The van der Waals surface area contributed by atoms with Gasteiger partial charge in [0.25, 0.3) is 0 Å². The van der Waals surface area contributed by atoms with Gasteiger partial charge in [0.05, 0.1) is 7.11 Å². The normalized spacial score (nSPS) is 14.8. The molecule has 1 N–H and O–H groups in total. The van der Waals surface area contributed by atoms with E-state index in [1.165, 1.54) is 19.2 Å². The molecular weight excluding hydrogens is 223 g/mol. The molecule has 0 atom stereocenters. The molecule has 0 bridgehead atoms. The smallest absolute Gasteiger partial charge is 0.321 e. The van der Waals surface area contributed by atoms with Gasteiger partial charge in [-0.3, -0.25) is 0 Å². The van der Waals surface area contributed by atoms with E-state index in [0.717, 1.165) is 25.9 Å². The molecule has 0 unspecified atom stereocenters. The summed E-state index contributed by atoms with van der Waals surface area (Å²) in [4.78, 5) is 13.5. The second-order valence-electron chi connectivity index (χ2n) is 4.00. The van der Waals surface area contributed by atoms with Crippen LogP contribution in [0.15, 0.2) is 18.2 Å². The van der Waals surface area contributed by atoms with E-state index in [0.29, 0.717) is 11.4 Å². The number of halogens is 1. The largest absolute Gasteiger partial charge is 0.497 e. The number of likely N-dealkylation sites (tertiary alicyclic amines) is 1. The lowest BCUT2D eigenvalue weighted by molar-refractivity contribution is 0.222. The van der Waals surface area contributed by atoms with E-state index in [1.807, 2.05) is 0 Å². The second-order valence-corrected chi connectivity index (χ2v) is 4.00. The number of benzene rings is 1. The summed E-state index contributed by atoms with van der Waals surface area (Å²) >= 11 is 0. The molecule has 0 aromatic heterocycles. The van der Waals surface area contributed by atoms with Crippen molar-refractivity contribution in [2.45, 2.75) is 12.8 Å². The Labute approximate surface area is 99.4 Å². The molecule has 0 spiro atoms. The van der Waals surface area contributed by atoms with E-state index in [9.17, 15) is 9.18 Å². The van der Waals surface area contributed by atoms with Crippen LogP contribution in [0.25, 0.3) is 0 Å². The Morgan fingerprint density at radius 1 is 1.35 bits per heavy atom. The molecule has 1 aliphatic heterocycles. The highest BCUT2D eigenvalue weighted by atomic mass is 19.1. The summed E-state index contributed by atoms with van der Waals surface area (Å²) in [5.74, 6) is -0.0391. The fraction of sp³-hybridized carbons (Fsp3) is 0.417. The molecule has 1 fully saturated rings. The molecule has 92 valence electrons. The summed E-state index contributed by atoms with van der Waals surface area (Å²) in [5, 5.41) is 2.67. The summed E-state index contributed by atoms with van der Waals surface area (Å²) in [6.45, 7) is 1.52. The van der Waals surface area contributed by atoms with Crippen molar-refractivity contribution in [2.75, 3.05) is 25.5 Å². The summed E-state index contributed by atoms with van der Waals surface area (Å²) in [6, 6.07) is 3.95. The lowest BCUT2D eigenvalue weighted by Crippen LogP contribution is -2.32. The van der Waals surface area contributed by atoms with E-state index in [2.05, 4.69) is 5.32 Å². The van der Waals surface area contributed by atoms with Gasteiger partial charge in [-0.05, 0) is 18.9 Å². The summed E-state index contributed by atoms with van der Waals surface area (Å²) < 4.78 is 18.1. The number of anilines is 1. The molecule has 1 saturated heterocycles. The fourth-order valence-corrected chi connectivity index (χ4v) is 1.88. The number of urea groups is 1. The van der Waals surface area contributed by atoms with Gasteiger partial charge in [0.1, 0.15) is 11.6 Å². The Hall–Kier alpha value is -1.78. The number of hydrogen-bond acceptors (Lipinski definition) is 2. The minimum Gasteiger partial charge on any atom is -0.497 e. The number of carbonyl (C=O) groups is 1. The van der Waals surface area contributed by atoms with Crippen molar-refractivity contribution < 1.29 is 13.9 Å². The van der Waals surface area contributed by atoms with Crippen LogP contribution in [0.2, 0.25) is 0 Å². The predicted molar refractivity (Wildman–Crippen MR) is 62.8 cm³/mol. The van der Waals surface area contributed by atoms with Crippen molar-refractivity contribution in [3.8, 4) is 5.75 Å². The molecule has 1 aromatic carbocycles. The van der Waals surface area contributed by atoms with Crippen LogP contribution in [-0.2, 0) is 0 Å². The third-order valence-corrected chi connectivity index (χ3v) is 2.75.